The van der Waals surface area contributed by atoms with Crippen LogP contribution in [-0.4, -0.2) is 17.7 Å². The van der Waals surface area contributed by atoms with E-state index in [1.165, 1.54) is 5.56 Å². The van der Waals surface area contributed by atoms with Crippen molar-refractivity contribution in [2.75, 3.05) is 23.3 Å². The molecule has 0 unspecified atom stereocenters. The number of nitrogens with one attached hydrogen (secondary N) is 1. The van der Waals surface area contributed by atoms with E-state index in [0.717, 1.165) is 50.4 Å². The van der Waals surface area contributed by atoms with Crippen molar-refractivity contribution >= 4 is 11.4 Å². The number of aryl methyl sites for hydroxylation is 1. The second-order valence-electron chi connectivity index (χ2n) is 5.56. The Morgan fingerprint density at radius 2 is 2.00 bits per heavy atom. The van der Waals surface area contributed by atoms with Gasteiger partial charge in [0.15, 0.2) is 0 Å². The Bertz CT molecular complexity index is 600. The highest BCUT2D eigenvalue weighted by Crippen LogP contribution is 2.26. The van der Waals surface area contributed by atoms with Crippen LogP contribution in [0.1, 0.15) is 25.3 Å². The van der Waals surface area contributed by atoms with Crippen LogP contribution >= 0.6 is 0 Å². The summed E-state index contributed by atoms with van der Waals surface area (Å²) in [6, 6.07) is 7.55. The quantitative estimate of drug-likeness (QED) is 0.901. The highest BCUT2D eigenvalue weighted by Gasteiger charge is 2.16. The number of nitrogens with zero attached hydrogens (tertiary/aromatic N) is 2. The fraction of sp³-hybridized carbons (Fsp3) is 0.412. The Morgan fingerprint density at radius 3 is 2.67 bits per heavy atom. The van der Waals surface area contributed by atoms with Crippen molar-refractivity contribution in [1.82, 2.24) is 4.57 Å². The van der Waals surface area contributed by atoms with Gasteiger partial charge in [-0.1, -0.05) is 0 Å². The van der Waals surface area contributed by atoms with Gasteiger partial charge in [-0.05, 0) is 49.6 Å². The van der Waals surface area contributed by atoms with E-state index >= 15 is 0 Å². The van der Waals surface area contributed by atoms with Crippen molar-refractivity contribution < 1.29 is 4.39 Å². The first-order valence-corrected chi connectivity index (χ1v) is 7.69. The van der Waals surface area contributed by atoms with Gasteiger partial charge < -0.3 is 14.8 Å². The molecule has 1 aromatic carbocycles. The normalized spacial score (nSPS) is 14.7. The van der Waals surface area contributed by atoms with Crippen LogP contribution in [0.15, 0.2) is 36.7 Å². The number of rotatable bonds is 5. The van der Waals surface area contributed by atoms with Crippen LogP contribution in [0, 0.1) is 5.82 Å². The van der Waals surface area contributed by atoms with Crippen LogP contribution in [-0.2, 0) is 13.1 Å². The molecule has 0 aliphatic carbocycles. The average molecular weight is 287 g/mol. The molecule has 1 aliphatic rings. The molecule has 0 atom stereocenters. The van der Waals surface area contributed by atoms with Crippen molar-refractivity contribution in [1.29, 1.82) is 0 Å². The Morgan fingerprint density at radius 1 is 1.19 bits per heavy atom. The first-order valence-electron chi connectivity index (χ1n) is 7.69. The molecule has 1 N–H and O–H groups in total. The number of hydrogen-bond donors (Lipinski definition) is 1. The van der Waals surface area contributed by atoms with E-state index in [4.69, 9.17) is 0 Å². The van der Waals surface area contributed by atoms with Gasteiger partial charge in [0.1, 0.15) is 5.82 Å². The molecular weight excluding hydrogens is 265 g/mol. The summed E-state index contributed by atoms with van der Waals surface area (Å²) in [6.45, 7) is 5.74. The number of aromatic nitrogens is 1. The molecule has 112 valence electrons. The minimum atomic E-state index is -0.131. The average Bonchev–Trinajstić information content (AvgIpc) is 3.16. The minimum absolute atomic E-state index is 0.131. The van der Waals surface area contributed by atoms with E-state index in [1.54, 1.807) is 6.07 Å². The van der Waals surface area contributed by atoms with Crippen LogP contribution in [0.25, 0.3) is 0 Å². The predicted octanol–water partition coefficient (Wildman–Crippen LogP) is 3.86. The Hall–Kier alpha value is -1.97. The summed E-state index contributed by atoms with van der Waals surface area (Å²) in [5, 5.41) is 3.29. The molecule has 0 radical (unpaired) electrons. The third-order valence-corrected chi connectivity index (χ3v) is 4.07. The largest absolute Gasteiger partial charge is 0.381 e. The van der Waals surface area contributed by atoms with Crippen molar-refractivity contribution in [2.24, 2.45) is 0 Å². The van der Waals surface area contributed by atoms with Gasteiger partial charge in [-0.15, -0.1) is 0 Å². The molecule has 3 nitrogen and oxygen atoms in total. The number of hydrogen-bond acceptors (Lipinski definition) is 2. The van der Waals surface area contributed by atoms with E-state index in [9.17, 15) is 4.39 Å². The third-order valence-electron chi connectivity index (χ3n) is 4.07. The van der Waals surface area contributed by atoms with Gasteiger partial charge in [0, 0.05) is 44.3 Å². The van der Waals surface area contributed by atoms with Crippen molar-refractivity contribution in [3.05, 3.63) is 48.0 Å². The maximum absolute atomic E-state index is 14.2. The molecule has 1 aromatic heterocycles. The summed E-state index contributed by atoms with van der Waals surface area (Å²) >= 11 is 0. The molecule has 2 heterocycles. The lowest BCUT2D eigenvalue weighted by Gasteiger charge is -2.19. The second-order valence-corrected chi connectivity index (χ2v) is 5.56. The molecule has 1 saturated heterocycles. The number of anilines is 2. The topological polar surface area (TPSA) is 20.2 Å². The summed E-state index contributed by atoms with van der Waals surface area (Å²) in [6.07, 6.45) is 6.50. The van der Waals surface area contributed by atoms with Gasteiger partial charge in [-0.25, -0.2) is 4.39 Å². The molecule has 1 aliphatic heterocycles. The predicted molar refractivity (Wildman–Crippen MR) is 85.3 cm³/mol. The SMILES string of the molecule is CCn1ccc(CNc2ccc(N3CCCC3)c(F)c2)c1. The zero-order valence-corrected chi connectivity index (χ0v) is 12.5. The van der Waals surface area contributed by atoms with Crippen LogP contribution in [0.3, 0.4) is 0 Å². The summed E-state index contributed by atoms with van der Waals surface area (Å²) in [5.41, 5.74) is 2.77. The molecule has 1 fully saturated rings. The summed E-state index contributed by atoms with van der Waals surface area (Å²) in [4.78, 5) is 2.13. The Balaban J connectivity index is 1.64. The maximum Gasteiger partial charge on any atom is 0.148 e. The van der Waals surface area contributed by atoms with Crippen molar-refractivity contribution in [3.8, 4) is 0 Å². The van der Waals surface area contributed by atoms with Crippen molar-refractivity contribution in [2.45, 2.75) is 32.9 Å². The number of halogens is 1. The zero-order chi connectivity index (χ0) is 14.7. The van der Waals surface area contributed by atoms with Gasteiger partial charge in [-0.3, -0.25) is 0 Å². The molecule has 0 spiro atoms. The van der Waals surface area contributed by atoms with Crippen LogP contribution in [0.4, 0.5) is 15.8 Å². The third kappa shape index (κ3) is 3.20. The van der Waals surface area contributed by atoms with E-state index in [-0.39, 0.29) is 5.82 Å². The molecule has 3 rings (SSSR count). The summed E-state index contributed by atoms with van der Waals surface area (Å²) in [5.74, 6) is -0.131. The van der Waals surface area contributed by atoms with Crippen LogP contribution in [0.2, 0.25) is 0 Å². The first-order chi connectivity index (χ1) is 10.3. The fourth-order valence-corrected chi connectivity index (χ4v) is 2.83. The lowest BCUT2D eigenvalue weighted by Crippen LogP contribution is -2.18. The van der Waals surface area contributed by atoms with Gasteiger partial charge in [0.25, 0.3) is 0 Å². The lowest BCUT2D eigenvalue weighted by atomic mass is 10.2. The Kier molecular flexibility index (Phi) is 4.13. The molecule has 0 bridgehead atoms. The highest BCUT2D eigenvalue weighted by atomic mass is 19.1. The first kappa shape index (κ1) is 14.0. The van der Waals surface area contributed by atoms with Crippen LogP contribution in [0.5, 0.6) is 0 Å². The van der Waals surface area contributed by atoms with Gasteiger partial charge in [0.05, 0.1) is 5.69 Å². The standard InChI is InChI=1S/C17H22FN3/c1-2-20-10-7-14(13-20)12-19-15-5-6-17(16(18)11-15)21-8-3-4-9-21/h5-7,10-11,13,19H,2-4,8-9,12H2,1H3. The van der Waals surface area contributed by atoms with E-state index in [2.05, 4.69) is 40.2 Å². The molecule has 21 heavy (non-hydrogen) atoms. The number of benzene rings is 1. The smallest absolute Gasteiger partial charge is 0.148 e. The molecule has 0 amide bonds. The fourth-order valence-electron chi connectivity index (χ4n) is 2.83. The molecular formula is C17H22FN3. The highest BCUT2D eigenvalue weighted by molar-refractivity contribution is 5.56. The summed E-state index contributed by atoms with van der Waals surface area (Å²) < 4.78 is 16.3. The van der Waals surface area contributed by atoms with Crippen molar-refractivity contribution in [3.63, 3.8) is 0 Å². The molecule has 0 saturated carbocycles. The van der Waals surface area contributed by atoms with E-state index in [0.29, 0.717) is 0 Å². The van der Waals surface area contributed by atoms with E-state index in [1.807, 2.05) is 12.1 Å². The molecule has 4 heteroatoms. The zero-order valence-electron chi connectivity index (χ0n) is 12.5. The van der Waals surface area contributed by atoms with Gasteiger partial charge >= 0.3 is 0 Å². The second kappa shape index (κ2) is 6.20. The van der Waals surface area contributed by atoms with Gasteiger partial charge in [-0.2, -0.15) is 0 Å². The Labute approximate surface area is 125 Å². The van der Waals surface area contributed by atoms with Crippen LogP contribution < -0.4 is 10.2 Å². The molecule has 2 aromatic rings. The van der Waals surface area contributed by atoms with E-state index < -0.39 is 0 Å². The minimum Gasteiger partial charge on any atom is -0.381 e. The van der Waals surface area contributed by atoms with Gasteiger partial charge in [0.2, 0.25) is 0 Å². The maximum atomic E-state index is 14.2. The lowest BCUT2D eigenvalue weighted by molar-refractivity contribution is 0.623. The summed E-state index contributed by atoms with van der Waals surface area (Å²) in [7, 11) is 0. The monoisotopic (exact) mass is 287 g/mol.